The molecule has 5 N–H and O–H groups in total. The number of nitrogen functional groups attached to an aromatic ring is 1. The highest BCUT2D eigenvalue weighted by atomic mass is 32.2. The van der Waals surface area contributed by atoms with Crippen molar-refractivity contribution in [2.24, 2.45) is 5.14 Å². The van der Waals surface area contributed by atoms with Crippen LogP contribution in [0.15, 0.2) is 65.6 Å². The van der Waals surface area contributed by atoms with Gasteiger partial charge >= 0.3 is 6.18 Å². The van der Waals surface area contributed by atoms with Gasteiger partial charge in [-0.3, -0.25) is 4.79 Å². The molecule has 3 aromatic rings. The molecular weight excluding hydrogens is 447 g/mol. The van der Waals surface area contributed by atoms with Crippen LogP contribution in [-0.2, 0) is 16.2 Å². The van der Waals surface area contributed by atoms with Crippen LogP contribution in [0, 0.1) is 0 Å². The molecule has 0 saturated heterocycles. The van der Waals surface area contributed by atoms with Gasteiger partial charge in [0.05, 0.1) is 12.7 Å². The van der Waals surface area contributed by atoms with Crippen LogP contribution < -0.4 is 20.9 Å². The first-order valence-corrected chi connectivity index (χ1v) is 10.5. The van der Waals surface area contributed by atoms with E-state index in [-0.39, 0.29) is 38.7 Å². The molecule has 0 unspecified atom stereocenters. The smallest absolute Gasteiger partial charge is 0.417 e. The Labute approximate surface area is 181 Å². The maximum absolute atomic E-state index is 13.3. The summed E-state index contributed by atoms with van der Waals surface area (Å²) in [5.74, 6) is -0.679. The highest BCUT2D eigenvalue weighted by Gasteiger charge is 2.33. The SMILES string of the molecule is COc1cc(NC(=O)c2ccc(-c3ccccc3C(F)(F)F)c(N)c2)ccc1S(N)(=O)=O. The number of hydrogen-bond donors (Lipinski definition) is 3. The van der Waals surface area contributed by atoms with Crippen molar-refractivity contribution < 1.29 is 31.1 Å². The van der Waals surface area contributed by atoms with Gasteiger partial charge in [0.1, 0.15) is 10.6 Å². The van der Waals surface area contributed by atoms with Crippen LogP contribution in [0.4, 0.5) is 24.5 Å². The van der Waals surface area contributed by atoms with Crippen molar-refractivity contribution in [3.05, 3.63) is 71.8 Å². The molecule has 0 radical (unpaired) electrons. The Kier molecular flexibility index (Phi) is 6.15. The van der Waals surface area contributed by atoms with E-state index in [0.29, 0.717) is 0 Å². The lowest BCUT2D eigenvalue weighted by Crippen LogP contribution is -2.15. The molecule has 3 aromatic carbocycles. The number of sulfonamides is 1. The molecule has 0 aromatic heterocycles. The van der Waals surface area contributed by atoms with Crippen LogP contribution in [0.25, 0.3) is 11.1 Å². The third-order valence-electron chi connectivity index (χ3n) is 4.56. The largest absolute Gasteiger partial charge is 0.495 e. The number of alkyl halides is 3. The van der Waals surface area contributed by atoms with Gasteiger partial charge < -0.3 is 15.8 Å². The van der Waals surface area contributed by atoms with Crippen molar-refractivity contribution in [3.8, 4) is 16.9 Å². The highest BCUT2D eigenvalue weighted by Crippen LogP contribution is 2.39. The third-order valence-corrected chi connectivity index (χ3v) is 5.51. The van der Waals surface area contributed by atoms with E-state index in [1.54, 1.807) is 0 Å². The third kappa shape index (κ3) is 4.84. The summed E-state index contributed by atoms with van der Waals surface area (Å²) in [5, 5.41) is 7.66. The molecule has 3 rings (SSSR count). The van der Waals surface area contributed by atoms with E-state index in [0.717, 1.165) is 6.07 Å². The predicted octanol–water partition coefficient (Wildman–Crippen LogP) is 3.86. The zero-order chi connectivity index (χ0) is 23.7. The maximum Gasteiger partial charge on any atom is 0.417 e. The molecule has 168 valence electrons. The summed E-state index contributed by atoms with van der Waals surface area (Å²) in [6.45, 7) is 0. The molecule has 0 fully saturated rings. The molecule has 0 saturated carbocycles. The molecule has 0 heterocycles. The van der Waals surface area contributed by atoms with E-state index in [9.17, 15) is 26.4 Å². The normalized spacial score (nSPS) is 11.8. The van der Waals surface area contributed by atoms with Gasteiger partial charge in [-0.05, 0) is 35.9 Å². The van der Waals surface area contributed by atoms with Gasteiger partial charge in [0.2, 0.25) is 10.0 Å². The molecule has 0 aliphatic heterocycles. The molecular formula is C21H18F3N3O4S. The number of nitrogens with two attached hydrogens (primary N) is 2. The van der Waals surface area contributed by atoms with Gasteiger partial charge in [-0.15, -0.1) is 0 Å². The molecule has 11 heteroatoms. The van der Waals surface area contributed by atoms with Gasteiger partial charge in [-0.2, -0.15) is 13.2 Å². The Morgan fingerprint density at radius 2 is 1.69 bits per heavy atom. The number of amides is 1. The summed E-state index contributed by atoms with van der Waals surface area (Å²) >= 11 is 0. The van der Waals surface area contributed by atoms with Crippen molar-refractivity contribution in [2.45, 2.75) is 11.1 Å². The topological polar surface area (TPSA) is 125 Å². The zero-order valence-corrected chi connectivity index (χ0v) is 17.4. The quantitative estimate of drug-likeness (QED) is 0.494. The second-order valence-corrected chi connectivity index (χ2v) is 8.24. The molecule has 0 aliphatic carbocycles. The number of halogens is 3. The maximum atomic E-state index is 13.3. The van der Waals surface area contributed by atoms with Gasteiger partial charge in [-0.1, -0.05) is 24.3 Å². The lowest BCUT2D eigenvalue weighted by Gasteiger charge is -2.15. The first-order chi connectivity index (χ1) is 14.9. The van der Waals surface area contributed by atoms with Crippen molar-refractivity contribution in [3.63, 3.8) is 0 Å². The van der Waals surface area contributed by atoms with E-state index >= 15 is 0 Å². The number of rotatable bonds is 5. The average Bonchev–Trinajstić information content (AvgIpc) is 2.72. The van der Waals surface area contributed by atoms with Gasteiger partial charge in [-0.25, -0.2) is 13.6 Å². The second kappa shape index (κ2) is 8.52. The summed E-state index contributed by atoms with van der Waals surface area (Å²) in [6.07, 6.45) is -4.57. The molecule has 0 atom stereocenters. The molecule has 0 spiro atoms. The zero-order valence-electron chi connectivity index (χ0n) is 16.6. The average molecular weight is 465 g/mol. The standard InChI is InChI=1S/C21H18F3N3O4S/c1-31-18-11-13(7-9-19(18)32(26,29)30)27-20(28)12-6-8-15(17(25)10-12)14-4-2-3-5-16(14)21(22,23)24/h2-11H,25H2,1H3,(H,27,28)(H2,26,29,30). The van der Waals surface area contributed by atoms with Crippen molar-refractivity contribution in [1.29, 1.82) is 0 Å². The molecule has 32 heavy (non-hydrogen) atoms. The Bertz CT molecular complexity index is 1290. The number of ether oxygens (including phenoxy) is 1. The molecule has 0 aliphatic rings. The van der Waals surface area contributed by atoms with E-state index < -0.39 is 27.7 Å². The Balaban J connectivity index is 1.90. The van der Waals surface area contributed by atoms with Crippen LogP contribution in [0.5, 0.6) is 5.75 Å². The highest BCUT2D eigenvalue weighted by molar-refractivity contribution is 7.89. The molecule has 7 nitrogen and oxygen atoms in total. The number of anilines is 2. The monoisotopic (exact) mass is 465 g/mol. The Hall–Kier alpha value is -3.57. The second-order valence-electron chi connectivity index (χ2n) is 6.71. The fraction of sp³-hybridized carbons (Fsp3) is 0.0952. The van der Waals surface area contributed by atoms with Crippen LogP contribution in [0.2, 0.25) is 0 Å². The van der Waals surface area contributed by atoms with Gasteiger partial charge in [0.15, 0.2) is 0 Å². The minimum atomic E-state index is -4.57. The van der Waals surface area contributed by atoms with Crippen LogP contribution in [-0.4, -0.2) is 21.4 Å². The fourth-order valence-electron chi connectivity index (χ4n) is 3.10. The number of benzene rings is 3. The number of carbonyl (C=O) groups is 1. The first kappa shape index (κ1) is 23.1. The summed E-state index contributed by atoms with van der Waals surface area (Å²) in [6, 6.07) is 12.7. The Morgan fingerprint density at radius 3 is 2.28 bits per heavy atom. The first-order valence-electron chi connectivity index (χ1n) is 9.00. The van der Waals surface area contributed by atoms with Gasteiger partial charge in [0.25, 0.3) is 5.91 Å². The lowest BCUT2D eigenvalue weighted by atomic mass is 9.96. The van der Waals surface area contributed by atoms with Crippen LogP contribution in [0.3, 0.4) is 0 Å². The summed E-state index contributed by atoms with van der Waals surface area (Å²) in [5.41, 5.74) is 5.43. The number of nitrogens with one attached hydrogen (secondary N) is 1. The van der Waals surface area contributed by atoms with E-state index in [1.165, 1.54) is 61.7 Å². The van der Waals surface area contributed by atoms with Crippen molar-refractivity contribution in [2.75, 3.05) is 18.2 Å². The number of carbonyl (C=O) groups excluding carboxylic acids is 1. The summed E-state index contributed by atoms with van der Waals surface area (Å²) in [4.78, 5) is 12.3. The van der Waals surface area contributed by atoms with Crippen LogP contribution >= 0.6 is 0 Å². The van der Waals surface area contributed by atoms with E-state index in [4.69, 9.17) is 15.6 Å². The Morgan fingerprint density at radius 1 is 1.00 bits per heavy atom. The minimum absolute atomic E-state index is 0.0171. The fourth-order valence-corrected chi connectivity index (χ4v) is 3.78. The number of primary sulfonamides is 1. The predicted molar refractivity (Wildman–Crippen MR) is 114 cm³/mol. The van der Waals surface area contributed by atoms with Crippen molar-refractivity contribution in [1.82, 2.24) is 0 Å². The number of methoxy groups -OCH3 is 1. The van der Waals surface area contributed by atoms with E-state index in [2.05, 4.69) is 5.32 Å². The summed E-state index contributed by atoms with van der Waals surface area (Å²) in [7, 11) is -2.78. The van der Waals surface area contributed by atoms with Gasteiger partial charge in [0, 0.05) is 28.6 Å². The lowest BCUT2D eigenvalue weighted by molar-refractivity contribution is -0.137. The van der Waals surface area contributed by atoms with Crippen LogP contribution in [0.1, 0.15) is 15.9 Å². The molecule has 0 bridgehead atoms. The van der Waals surface area contributed by atoms with E-state index in [1.807, 2.05) is 0 Å². The summed E-state index contributed by atoms with van der Waals surface area (Å²) < 4.78 is 68.1. The number of hydrogen-bond acceptors (Lipinski definition) is 5. The van der Waals surface area contributed by atoms with Crippen molar-refractivity contribution >= 4 is 27.3 Å². The minimum Gasteiger partial charge on any atom is -0.495 e. The molecule has 1 amide bonds.